The molecule has 114 valence electrons. The van der Waals surface area contributed by atoms with Crippen molar-refractivity contribution < 1.29 is 17.9 Å². The molecule has 1 atom stereocenters. The quantitative estimate of drug-likeness (QED) is 0.491. The minimum absolute atomic E-state index is 0.0207. The highest BCUT2D eigenvalue weighted by Gasteiger charge is 2.09. The van der Waals surface area contributed by atoms with Crippen LogP contribution in [0.4, 0.5) is 0 Å². The van der Waals surface area contributed by atoms with Crippen LogP contribution in [0.5, 0.6) is 5.75 Å². The molecule has 0 aliphatic heterocycles. The van der Waals surface area contributed by atoms with Gasteiger partial charge in [0, 0.05) is 17.3 Å². The van der Waals surface area contributed by atoms with E-state index in [9.17, 15) is 8.42 Å². The van der Waals surface area contributed by atoms with Gasteiger partial charge in [0.1, 0.15) is 12.4 Å². The van der Waals surface area contributed by atoms with Crippen molar-refractivity contribution in [1.29, 1.82) is 0 Å². The van der Waals surface area contributed by atoms with Gasteiger partial charge in [-0.15, -0.1) is 0 Å². The van der Waals surface area contributed by atoms with Crippen molar-refractivity contribution in [2.24, 2.45) is 5.92 Å². The van der Waals surface area contributed by atoms with Crippen LogP contribution in [-0.4, -0.2) is 34.0 Å². The molecule has 0 amide bonds. The van der Waals surface area contributed by atoms with Crippen LogP contribution in [0.1, 0.15) is 19.8 Å². The largest absolute Gasteiger partial charge is 0.491 e. The molecule has 0 N–H and O–H groups in total. The molecule has 4 nitrogen and oxygen atoms in total. The maximum Gasteiger partial charge on any atom is 0.232 e. The maximum atomic E-state index is 10.8. The summed E-state index contributed by atoms with van der Waals surface area (Å²) in [5.74, 6) is 1.13. The van der Waals surface area contributed by atoms with Gasteiger partial charge >= 0.3 is 0 Å². The van der Waals surface area contributed by atoms with Crippen molar-refractivity contribution in [3.05, 3.63) is 30.3 Å². The fourth-order valence-corrected chi connectivity index (χ4v) is 2.56. The van der Waals surface area contributed by atoms with Gasteiger partial charge in [-0.1, -0.05) is 25.1 Å². The van der Waals surface area contributed by atoms with Crippen molar-refractivity contribution in [3.8, 4) is 5.75 Å². The molecule has 0 aromatic heterocycles. The zero-order valence-corrected chi connectivity index (χ0v) is 13.2. The molecule has 0 saturated heterocycles. The molecule has 0 fully saturated rings. The molecule has 0 spiro atoms. The van der Waals surface area contributed by atoms with Crippen LogP contribution < -0.4 is 4.74 Å². The molecule has 0 radical (unpaired) electrons. The molecular formula is C14H21ClO4S. The molecule has 0 aliphatic carbocycles. The molecule has 0 heterocycles. The molecular weight excluding hydrogens is 300 g/mol. The molecule has 20 heavy (non-hydrogen) atoms. The zero-order valence-electron chi connectivity index (χ0n) is 11.6. The predicted octanol–water partition coefficient (Wildman–Crippen LogP) is 3.07. The van der Waals surface area contributed by atoms with E-state index in [1.165, 1.54) is 0 Å². The van der Waals surface area contributed by atoms with Gasteiger partial charge in [-0.2, -0.15) is 0 Å². The average molecular weight is 321 g/mol. The number of para-hydroxylation sites is 1. The summed E-state index contributed by atoms with van der Waals surface area (Å²) >= 11 is 0. The van der Waals surface area contributed by atoms with Crippen LogP contribution in [-0.2, 0) is 13.8 Å². The highest BCUT2D eigenvalue weighted by molar-refractivity contribution is 8.13. The lowest BCUT2D eigenvalue weighted by atomic mass is 10.1. The summed E-state index contributed by atoms with van der Waals surface area (Å²) in [6.45, 7) is 3.62. The highest BCUT2D eigenvalue weighted by atomic mass is 35.7. The van der Waals surface area contributed by atoms with Gasteiger partial charge in [-0.3, -0.25) is 0 Å². The van der Waals surface area contributed by atoms with Crippen molar-refractivity contribution in [1.82, 2.24) is 0 Å². The van der Waals surface area contributed by atoms with Gasteiger partial charge in [0.05, 0.1) is 12.4 Å². The molecule has 6 heteroatoms. The first-order valence-electron chi connectivity index (χ1n) is 6.65. The summed E-state index contributed by atoms with van der Waals surface area (Å²) in [5, 5.41) is 0. The van der Waals surface area contributed by atoms with Crippen LogP contribution in [0.15, 0.2) is 30.3 Å². The number of halogens is 1. The first-order chi connectivity index (χ1) is 9.47. The van der Waals surface area contributed by atoms with E-state index in [4.69, 9.17) is 20.2 Å². The van der Waals surface area contributed by atoms with Gasteiger partial charge in [-0.25, -0.2) is 8.42 Å². The molecule has 0 saturated carbocycles. The Labute approximate surface area is 125 Å². The fraction of sp³-hybridized carbons (Fsp3) is 0.571. The molecule has 1 unspecified atom stereocenters. The Morgan fingerprint density at radius 2 is 1.80 bits per heavy atom. The van der Waals surface area contributed by atoms with Gasteiger partial charge in [0.15, 0.2) is 0 Å². The van der Waals surface area contributed by atoms with Crippen LogP contribution in [0.3, 0.4) is 0 Å². The van der Waals surface area contributed by atoms with Crippen molar-refractivity contribution in [2.45, 2.75) is 19.8 Å². The molecule has 0 bridgehead atoms. The van der Waals surface area contributed by atoms with Gasteiger partial charge in [0.2, 0.25) is 9.05 Å². The molecule has 1 aromatic carbocycles. The summed E-state index contributed by atoms with van der Waals surface area (Å²) in [7, 11) is 1.78. The van der Waals surface area contributed by atoms with E-state index in [0.717, 1.165) is 12.2 Å². The first kappa shape index (κ1) is 17.3. The average Bonchev–Trinajstić information content (AvgIpc) is 2.41. The molecule has 0 aliphatic rings. The first-order valence-corrected chi connectivity index (χ1v) is 9.13. The minimum atomic E-state index is -3.38. The van der Waals surface area contributed by atoms with Gasteiger partial charge < -0.3 is 9.47 Å². The lowest BCUT2D eigenvalue weighted by Gasteiger charge is -2.11. The number of rotatable bonds is 10. The van der Waals surface area contributed by atoms with E-state index in [2.05, 4.69) is 0 Å². The van der Waals surface area contributed by atoms with E-state index in [-0.39, 0.29) is 11.7 Å². The van der Waals surface area contributed by atoms with E-state index in [1.54, 1.807) is 0 Å². The number of hydrogen-bond donors (Lipinski definition) is 0. The molecule has 1 aromatic rings. The standard InChI is InChI=1S/C14H21ClO4S/c1-13(8-12-20(15,16)17)7-9-18-10-11-19-14-5-3-2-4-6-14/h2-6,13H,7-12H2,1H3. The van der Waals surface area contributed by atoms with Crippen molar-refractivity contribution >= 4 is 19.7 Å². The SMILES string of the molecule is CC(CCOCCOc1ccccc1)CCS(=O)(=O)Cl. The summed E-state index contributed by atoms with van der Waals surface area (Å²) in [5.41, 5.74) is 0. The normalized spacial score (nSPS) is 13.1. The number of ether oxygens (including phenoxy) is 2. The minimum Gasteiger partial charge on any atom is -0.491 e. The second kappa shape index (κ2) is 9.21. The zero-order chi connectivity index (χ0) is 14.8. The Kier molecular flexibility index (Phi) is 7.95. The van der Waals surface area contributed by atoms with Gasteiger partial charge in [0.25, 0.3) is 0 Å². The smallest absolute Gasteiger partial charge is 0.232 e. The van der Waals surface area contributed by atoms with Crippen molar-refractivity contribution in [2.75, 3.05) is 25.6 Å². The van der Waals surface area contributed by atoms with Crippen LogP contribution in [0.2, 0.25) is 0 Å². The molecule has 1 rings (SSSR count). The van der Waals surface area contributed by atoms with Crippen LogP contribution >= 0.6 is 10.7 Å². The predicted molar refractivity (Wildman–Crippen MR) is 80.8 cm³/mol. The maximum absolute atomic E-state index is 10.8. The Morgan fingerprint density at radius 1 is 1.10 bits per heavy atom. The second-order valence-electron chi connectivity index (χ2n) is 4.70. The summed E-state index contributed by atoms with van der Waals surface area (Å²) < 4.78 is 32.5. The Morgan fingerprint density at radius 3 is 2.45 bits per heavy atom. The Bertz CT molecular complexity index is 461. The second-order valence-corrected chi connectivity index (χ2v) is 7.60. The van der Waals surface area contributed by atoms with Crippen LogP contribution in [0.25, 0.3) is 0 Å². The number of hydrogen-bond acceptors (Lipinski definition) is 4. The lowest BCUT2D eigenvalue weighted by Crippen LogP contribution is -2.10. The summed E-state index contributed by atoms with van der Waals surface area (Å²) in [4.78, 5) is 0. The summed E-state index contributed by atoms with van der Waals surface area (Å²) in [6, 6.07) is 9.57. The van der Waals surface area contributed by atoms with E-state index >= 15 is 0 Å². The third-order valence-corrected chi connectivity index (χ3v) is 4.04. The third-order valence-electron chi connectivity index (χ3n) is 2.85. The topological polar surface area (TPSA) is 52.6 Å². The highest BCUT2D eigenvalue weighted by Crippen LogP contribution is 2.11. The van der Waals surface area contributed by atoms with E-state index < -0.39 is 9.05 Å². The fourth-order valence-electron chi connectivity index (χ4n) is 1.61. The van der Waals surface area contributed by atoms with Crippen LogP contribution in [0, 0.1) is 5.92 Å². The lowest BCUT2D eigenvalue weighted by molar-refractivity contribution is 0.0911. The third kappa shape index (κ3) is 9.18. The van der Waals surface area contributed by atoms with Crippen molar-refractivity contribution in [3.63, 3.8) is 0 Å². The summed E-state index contributed by atoms with van der Waals surface area (Å²) in [6.07, 6.45) is 1.38. The Balaban J connectivity index is 1.99. The van der Waals surface area contributed by atoms with E-state index in [0.29, 0.717) is 26.2 Å². The Hall–Kier alpha value is -0.780. The van der Waals surface area contributed by atoms with E-state index in [1.807, 2.05) is 37.3 Å². The number of benzene rings is 1. The van der Waals surface area contributed by atoms with Gasteiger partial charge in [-0.05, 0) is 30.9 Å². The monoisotopic (exact) mass is 320 g/mol.